The number of rotatable bonds is 3. The maximum Gasteiger partial charge on any atom is 0.0982 e. The van der Waals surface area contributed by atoms with Gasteiger partial charge in [0.05, 0.1) is 10.4 Å². The Morgan fingerprint density at radius 3 is 2.93 bits per heavy atom. The van der Waals surface area contributed by atoms with Crippen LogP contribution < -0.4 is 5.73 Å². The standard InChI is InChI=1S/C9H10ClN3S/c10-9-3-2-8(14-9)7(6-11)13-5-1-4-12-13/h1-5,7H,6,11H2. The summed E-state index contributed by atoms with van der Waals surface area (Å²) < 4.78 is 2.63. The number of aromatic nitrogens is 2. The van der Waals surface area contributed by atoms with E-state index in [1.807, 2.05) is 29.1 Å². The Hall–Kier alpha value is -0.840. The lowest BCUT2D eigenvalue weighted by atomic mass is 10.2. The first-order chi connectivity index (χ1) is 6.81. The van der Waals surface area contributed by atoms with E-state index in [2.05, 4.69) is 5.10 Å². The summed E-state index contributed by atoms with van der Waals surface area (Å²) >= 11 is 7.41. The quantitative estimate of drug-likeness (QED) is 0.873. The third kappa shape index (κ3) is 1.82. The van der Waals surface area contributed by atoms with E-state index in [0.29, 0.717) is 6.54 Å². The Morgan fingerprint density at radius 2 is 2.43 bits per heavy atom. The molecule has 3 nitrogen and oxygen atoms in total. The van der Waals surface area contributed by atoms with Gasteiger partial charge in [-0.2, -0.15) is 5.10 Å². The van der Waals surface area contributed by atoms with Crippen molar-refractivity contribution in [3.63, 3.8) is 0 Å². The molecule has 14 heavy (non-hydrogen) atoms. The van der Waals surface area contributed by atoms with E-state index in [-0.39, 0.29) is 6.04 Å². The Morgan fingerprint density at radius 1 is 1.57 bits per heavy atom. The van der Waals surface area contributed by atoms with E-state index in [9.17, 15) is 0 Å². The molecule has 0 aliphatic carbocycles. The van der Waals surface area contributed by atoms with Crippen molar-refractivity contribution in [2.45, 2.75) is 6.04 Å². The fraction of sp³-hybridized carbons (Fsp3) is 0.222. The van der Waals surface area contributed by atoms with E-state index in [4.69, 9.17) is 17.3 Å². The van der Waals surface area contributed by atoms with E-state index in [1.165, 1.54) is 0 Å². The predicted molar refractivity (Wildman–Crippen MR) is 58.7 cm³/mol. The highest BCUT2D eigenvalue weighted by atomic mass is 35.5. The van der Waals surface area contributed by atoms with Crippen LogP contribution in [0.2, 0.25) is 4.34 Å². The van der Waals surface area contributed by atoms with Gasteiger partial charge in [-0.3, -0.25) is 4.68 Å². The van der Waals surface area contributed by atoms with E-state index in [1.54, 1.807) is 17.5 Å². The van der Waals surface area contributed by atoms with Gasteiger partial charge < -0.3 is 5.73 Å². The van der Waals surface area contributed by atoms with E-state index < -0.39 is 0 Å². The van der Waals surface area contributed by atoms with Crippen molar-refractivity contribution < 1.29 is 0 Å². The highest BCUT2D eigenvalue weighted by Gasteiger charge is 2.13. The summed E-state index contributed by atoms with van der Waals surface area (Å²) in [6.45, 7) is 0.526. The lowest BCUT2D eigenvalue weighted by Gasteiger charge is -2.12. The first-order valence-corrected chi connectivity index (χ1v) is 5.45. The monoisotopic (exact) mass is 227 g/mol. The van der Waals surface area contributed by atoms with Crippen LogP contribution in [-0.2, 0) is 0 Å². The second-order valence-corrected chi connectivity index (χ2v) is 4.63. The van der Waals surface area contributed by atoms with Gasteiger partial charge in [0.1, 0.15) is 0 Å². The molecular weight excluding hydrogens is 218 g/mol. The number of thiophene rings is 1. The minimum Gasteiger partial charge on any atom is -0.328 e. The molecule has 0 saturated carbocycles. The molecule has 0 fully saturated rings. The topological polar surface area (TPSA) is 43.8 Å². The number of hydrogen-bond acceptors (Lipinski definition) is 3. The summed E-state index contributed by atoms with van der Waals surface area (Å²) in [5.74, 6) is 0. The van der Waals surface area contributed by atoms with Gasteiger partial charge in [-0.15, -0.1) is 11.3 Å². The van der Waals surface area contributed by atoms with Crippen LogP contribution in [0.15, 0.2) is 30.6 Å². The fourth-order valence-corrected chi connectivity index (χ4v) is 2.49. The molecule has 0 amide bonds. The second-order valence-electron chi connectivity index (χ2n) is 2.88. The van der Waals surface area contributed by atoms with Gasteiger partial charge in [0.15, 0.2) is 0 Å². The molecule has 0 aliphatic rings. The van der Waals surface area contributed by atoms with Gasteiger partial charge in [0.2, 0.25) is 0 Å². The van der Waals surface area contributed by atoms with Gasteiger partial charge in [-0.25, -0.2) is 0 Å². The third-order valence-corrected chi connectivity index (χ3v) is 3.32. The van der Waals surface area contributed by atoms with Crippen molar-refractivity contribution in [1.82, 2.24) is 9.78 Å². The second kappa shape index (κ2) is 4.13. The maximum atomic E-state index is 5.87. The Balaban J connectivity index is 2.31. The van der Waals surface area contributed by atoms with Crippen molar-refractivity contribution in [1.29, 1.82) is 0 Å². The summed E-state index contributed by atoms with van der Waals surface area (Å²) in [7, 11) is 0. The van der Waals surface area contributed by atoms with Crippen molar-refractivity contribution >= 4 is 22.9 Å². The van der Waals surface area contributed by atoms with Crippen molar-refractivity contribution in [2.24, 2.45) is 5.73 Å². The summed E-state index contributed by atoms with van der Waals surface area (Å²) in [6, 6.07) is 5.86. The molecule has 0 aromatic carbocycles. The Bertz CT molecular complexity index is 396. The average Bonchev–Trinajstić information content (AvgIpc) is 2.79. The smallest absolute Gasteiger partial charge is 0.0982 e. The minimum absolute atomic E-state index is 0.0995. The van der Waals surface area contributed by atoms with Crippen LogP contribution in [0, 0.1) is 0 Å². The highest BCUT2D eigenvalue weighted by molar-refractivity contribution is 7.16. The molecule has 0 spiro atoms. The molecule has 74 valence electrons. The fourth-order valence-electron chi connectivity index (χ4n) is 1.33. The average molecular weight is 228 g/mol. The molecule has 0 saturated heterocycles. The third-order valence-electron chi connectivity index (χ3n) is 1.99. The molecule has 2 aromatic heterocycles. The Labute approximate surface area is 91.1 Å². The highest BCUT2D eigenvalue weighted by Crippen LogP contribution is 2.28. The van der Waals surface area contributed by atoms with Crippen LogP contribution in [0.4, 0.5) is 0 Å². The summed E-state index contributed by atoms with van der Waals surface area (Å²) in [4.78, 5) is 1.14. The lowest BCUT2D eigenvalue weighted by Crippen LogP contribution is -2.19. The lowest BCUT2D eigenvalue weighted by molar-refractivity contribution is 0.540. The molecule has 2 N–H and O–H groups in total. The first kappa shape index (κ1) is 9.71. The number of hydrogen-bond donors (Lipinski definition) is 1. The zero-order valence-corrected chi connectivity index (χ0v) is 9.00. The van der Waals surface area contributed by atoms with Gasteiger partial charge in [-0.1, -0.05) is 11.6 Å². The SMILES string of the molecule is NCC(c1ccc(Cl)s1)n1cccn1. The Kier molecular flexibility index (Phi) is 2.86. The molecule has 2 heterocycles. The van der Waals surface area contributed by atoms with Crippen LogP contribution in [0.5, 0.6) is 0 Å². The van der Waals surface area contributed by atoms with Crippen molar-refractivity contribution in [3.05, 3.63) is 39.8 Å². The molecule has 0 aliphatic heterocycles. The van der Waals surface area contributed by atoms with E-state index in [0.717, 1.165) is 9.21 Å². The first-order valence-electron chi connectivity index (χ1n) is 4.25. The minimum atomic E-state index is 0.0995. The predicted octanol–water partition coefficient (Wildman–Crippen LogP) is 2.15. The molecule has 0 radical (unpaired) electrons. The van der Waals surface area contributed by atoms with Crippen LogP contribution in [0.1, 0.15) is 10.9 Å². The number of nitrogens with zero attached hydrogens (tertiary/aromatic N) is 2. The van der Waals surface area contributed by atoms with Crippen LogP contribution in [0.25, 0.3) is 0 Å². The van der Waals surface area contributed by atoms with Crippen molar-refractivity contribution in [3.8, 4) is 0 Å². The largest absolute Gasteiger partial charge is 0.328 e. The van der Waals surface area contributed by atoms with Gasteiger partial charge in [0, 0.05) is 23.8 Å². The van der Waals surface area contributed by atoms with E-state index >= 15 is 0 Å². The molecule has 0 bridgehead atoms. The van der Waals surface area contributed by atoms with Crippen LogP contribution >= 0.6 is 22.9 Å². The molecule has 5 heteroatoms. The van der Waals surface area contributed by atoms with Crippen LogP contribution in [-0.4, -0.2) is 16.3 Å². The summed E-state index contributed by atoms with van der Waals surface area (Å²) in [5.41, 5.74) is 5.71. The molecule has 1 unspecified atom stereocenters. The number of nitrogens with two attached hydrogens (primary N) is 1. The molecular formula is C9H10ClN3S. The van der Waals surface area contributed by atoms with Gasteiger partial charge >= 0.3 is 0 Å². The zero-order chi connectivity index (χ0) is 9.97. The molecule has 2 aromatic rings. The summed E-state index contributed by atoms with van der Waals surface area (Å²) in [5, 5.41) is 4.17. The van der Waals surface area contributed by atoms with Gasteiger partial charge in [0.25, 0.3) is 0 Å². The molecule has 2 rings (SSSR count). The van der Waals surface area contributed by atoms with Gasteiger partial charge in [-0.05, 0) is 18.2 Å². The van der Waals surface area contributed by atoms with Crippen LogP contribution in [0.3, 0.4) is 0 Å². The van der Waals surface area contributed by atoms with Crippen molar-refractivity contribution in [2.75, 3.05) is 6.54 Å². The molecule has 1 atom stereocenters. The normalized spacial score (nSPS) is 13.0. The number of halogens is 1. The maximum absolute atomic E-state index is 5.87. The zero-order valence-electron chi connectivity index (χ0n) is 7.43. The summed E-state index contributed by atoms with van der Waals surface area (Å²) in [6.07, 6.45) is 3.66.